The van der Waals surface area contributed by atoms with Crippen LogP contribution in [0.5, 0.6) is 0 Å². The summed E-state index contributed by atoms with van der Waals surface area (Å²) in [4.78, 5) is 11.2. The molecule has 0 saturated carbocycles. The molecule has 0 amide bonds. The second kappa shape index (κ2) is 3.71. The molecule has 2 heteroatoms. The predicted molar refractivity (Wildman–Crippen MR) is 42.7 cm³/mol. The van der Waals surface area contributed by atoms with Crippen LogP contribution in [0.1, 0.15) is 27.7 Å². The first kappa shape index (κ1) is 9.63. The minimum Gasteiger partial charge on any atom is -0.321 e. The van der Waals surface area contributed by atoms with E-state index in [4.69, 9.17) is 5.73 Å². The van der Waals surface area contributed by atoms with Crippen LogP contribution in [0, 0.1) is 11.8 Å². The number of nitrogens with two attached hydrogens (primary N) is 1. The van der Waals surface area contributed by atoms with E-state index < -0.39 is 0 Å². The van der Waals surface area contributed by atoms with E-state index in [9.17, 15) is 4.79 Å². The predicted octanol–water partition coefficient (Wildman–Crippen LogP) is 1.19. The van der Waals surface area contributed by atoms with Gasteiger partial charge in [0.15, 0.2) is 5.78 Å². The van der Waals surface area contributed by atoms with Crippen molar-refractivity contribution in [2.75, 3.05) is 0 Å². The highest BCUT2D eigenvalue weighted by Gasteiger charge is 2.19. The Labute approximate surface area is 62.8 Å². The molecule has 2 N–H and O–H groups in total. The second-order valence-electron chi connectivity index (χ2n) is 3.33. The number of hydrogen-bond acceptors (Lipinski definition) is 2. The molecule has 0 aliphatic heterocycles. The lowest BCUT2D eigenvalue weighted by Crippen LogP contribution is -2.38. The molecule has 60 valence electrons. The van der Waals surface area contributed by atoms with Crippen molar-refractivity contribution in [2.24, 2.45) is 17.6 Å². The van der Waals surface area contributed by atoms with Crippen molar-refractivity contribution in [3.05, 3.63) is 0 Å². The van der Waals surface area contributed by atoms with Gasteiger partial charge >= 0.3 is 0 Å². The second-order valence-corrected chi connectivity index (χ2v) is 3.33. The van der Waals surface area contributed by atoms with Crippen LogP contribution in [0.15, 0.2) is 0 Å². The molecule has 0 bridgehead atoms. The molecule has 0 aromatic rings. The Morgan fingerprint density at radius 3 is 1.70 bits per heavy atom. The summed E-state index contributed by atoms with van der Waals surface area (Å²) < 4.78 is 0. The Balaban J connectivity index is 3.95. The maximum absolute atomic E-state index is 11.2. The molecule has 0 aliphatic rings. The molecular formula is C8H17NO. The minimum atomic E-state index is -0.278. The number of rotatable bonds is 3. The lowest BCUT2D eigenvalue weighted by atomic mass is 9.94. The van der Waals surface area contributed by atoms with E-state index in [0.717, 1.165) is 0 Å². The van der Waals surface area contributed by atoms with Crippen LogP contribution in [-0.2, 0) is 4.79 Å². The van der Waals surface area contributed by atoms with E-state index in [1.807, 2.05) is 27.7 Å². The molecule has 0 saturated heterocycles. The van der Waals surface area contributed by atoms with E-state index >= 15 is 0 Å². The van der Waals surface area contributed by atoms with Gasteiger partial charge in [0.2, 0.25) is 0 Å². The fourth-order valence-electron chi connectivity index (χ4n) is 0.713. The van der Waals surface area contributed by atoms with Crippen molar-refractivity contribution in [3.8, 4) is 0 Å². The Kier molecular flexibility index (Phi) is 3.58. The number of carbonyl (C=O) groups is 1. The monoisotopic (exact) mass is 143 g/mol. The van der Waals surface area contributed by atoms with Crippen LogP contribution in [-0.4, -0.2) is 11.8 Å². The normalized spacial score (nSPS) is 14.3. The molecule has 2 nitrogen and oxygen atoms in total. The molecule has 0 unspecified atom stereocenters. The van der Waals surface area contributed by atoms with Crippen LogP contribution in [0.2, 0.25) is 0 Å². The Hall–Kier alpha value is -0.370. The van der Waals surface area contributed by atoms with Crippen LogP contribution in [0.4, 0.5) is 0 Å². The third kappa shape index (κ3) is 2.48. The molecule has 0 heterocycles. The number of Topliss-reactive ketones (excluding diaryl/α,β-unsaturated/α-hetero) is 1. The van der Waals surface area contributed by atoms with Crippen molar-refractivity contribution in [2.45, 2.75) is 33.7 Å². The van der Waals surface area contributed by atoms with E-state index in [-0.39, 0.29) is 23.7 Å². The fraction of sp³-hybridized carbons (Fsp3) is 0.875. The summed E-state index contributed by atoms with van der Waals surface area (Å²) in [5.41, 5.74) is 5.61. The first-order valence-electron chi connectivity index (χ1n) is 3.76. The standard InChI is InChI=1S/C8H17NO/c1-5(2)7(9)8(10)6(3)4/h5-7H,9H2,1-4H3/t7-/m0/s1. The summed E-state index contributed by atoms with van der Waals surface area (Å²) in [6.45, 7) is 7.69. The van der Waals surface area contributed by atoms with Crippen LogP contribution in [0.25, 0.3) is 0 Å². The first-order chi connectivity index (χ1) is 4.46. The van der Waals surface area contributed by atoms with Crippen molar-refractivity contribution in [1.82, 2.24) is 0 Å². The van der Waals surface area contributed by atoms with Gasteiger partial charge in [-0.1, -0.05) is 27.7 Å². The molecule has 0 radical (unpaired) electrons. The summed E-state index contributed by atoms with van der Waals surface area (Å²) in [7, 11) is 0. The van der Waals surface area contributed by atoms with Crippen LogP contribution >= 0.6 is 0 Å². The fourth-order valence-corrected chi connectivity index (χ4v) is 0.713. The molecule has 1 atom stereocenters. The molecule has 0 rings (SSSR count). The first-order valence-corrected chi connectivity index (χ1v) is 3.76. The molecule has 0 aromatic heterocycles. The topological polar surface area (TPSA) is 43.1 Å². The molecule has 0 spiro atoms. The minimum absolute atomic E-state index is 0.0670. The number of carbonyl (C=O) groups excluding carboxylic acids is 1. The highest BCUT2D eigenvalue weighted by Crippen LogP contribution is 2.05. The van der Waals surface area contributed by atoms with Gasteiger partial charge in [-0.2, -0.15) is 0 Å². The van der Waals surface area contributed by atoms with Gasteiger partial charge in [-0.25, -0.2) is 0 Å². The number of hydrogen-bond donors (Lipinski definition) is 1. The van der Waals surface area contributed by atoms with Crippen molar-refractivity contribution in [1.29, 1.82) is 0 Å². The summed E-state index contributed by atoms with van der Waals surface area (Å²) in [6.07, 6.45) is 0. The van der Waals surface area contributed by atoms with Gasteiger partial charge in [0, 0.05) is 5.92 Å². The molecular weight excluding hydrogens is 126 g/mol. The summed E-state index contributed by atoms with van der Waals surface area (Å²) in [5.74, 6) is 0.488. The molecule has 0 aromatic carbocycles. The maximum atomic E-state index is 11.2. The van der Waals surface area contributed by atoms with Gasteiger partial charge in [0.05, 0.1) is 6.04 Å². The zero-order valence-electron chi connectivity index (χ0n) is 7.22. The summed E-state index contributed by atoms with van der Waals surface area (Å²) >= 11 is 0. The third-order valence-corrected chi connectivity index (χ3v) is 1.62. The average molecular weight is 143 g/mol. The van der Waals surface area contributed by atoms with Gasteiger partial charge in [0.25, 0.3) is 0 Å². The van der Waals surface area contributed by atoms with Crippen LogP contribution in [0.3, 0.4) is 0 Å². The van der Waals surface area contributed by atoms with Crippen molar-refractivity contribution >= 4 is 5.78 Å². The summed E-state index contributed by atoms with van der Waals surface area (Å²) in [5, 5.41) is 0. The van der Waals surface area contributed by atoms with E-state index in [1.165, 1.54) is 0 Å². The molecule has 0 aliphatic carbocycles. The maximum Gasteiger partial charge on any atom is 0.152 e. The zero-order chi connectivity index (χ0) is 8.31. The van der Waals surface area contributed by atoms with Gasteiger partial charge < -0.3 is 5.73 Å². The van der Waals surface area contributed by atoms with E-state index in [2.05, 4.69) is 0 Å². The van der Waals surface area contributed by atoms with Gasteiger partial charge in [-0.3, -0.25) is 4.79 Å². The Morgan fingerprint density at radius 1 is 1.20 bits per heavy atom. The molecule has 10 heavy (non-hydrogen) atoms. The largest absolute Gasteiger partial charge is 0.321 e. The molecule has 0 fully saturated rings. The SMILES string of the molecule is CC(C)C(=O)[C@@H](N)C(C)C. The highest BCUT2D eigenvalue weighted by molar-refractivity contribution is 5.85. The zero-order valence-corrected chi connectivity index (χ0v) is 7.22. The summed E-state index contributed by atoms with van der Waals surface area (Å²) in [6, 6.07) is -0.278. The lowest BCUT2D eigenvalue weighted by Gasteiger charge is -2.15. The Morgan fingerprint density at radius 2 is 1.60 bits per heavy atom. The number of ketones is 1. The van der Waals surface area contributed by atoms with Crippen molar-refractivity contribution < 1.29 is 4.79 Å². The third-order valence-electron chi connectivity index (χ3n) is 1.62. The van der Waals surface area contributed by atoms with Gasteiger partial charge in [-0.15, -0.1) is 0 Å². The quantitative estimate of drug-likeness (QED) is 0.645. The Bertz CT molecular complexity index is 118. The van der Waals surface area contributed by atoms with Gasteiger partial charge in [-0.05, 0) is 5.92 Å². The average Bonchev–Trinajstić information content (AvgIpc) is 1.84. The highest BCUT2D eigenvalue weighted by atomic mass is 16.1. The lowest BCUT2D eigenvalue weighted by molar-refractivity contribution is -0.124. The van der Waals surface area contributed by atoms with E-state index in [1.54, 1.807) is 0 Å². The van der Waals surface area contributed by atoms with Crippen LogP contribution < -0.4 is 5.73 Å². The van der Waals surface area contributed by atoms with Crippen molar-refractivity contribution in [3.63, 3.8) is 0 Å². The van der Waals surface area contributed by atoms with Gasteiger partial charge in [0.1, 0.15) is 0 Å². The smallest absolute Gasteiger partial charge is 0.152 e. The van der Waals surface area contributed by atoms with E-state index in [0.29, 0.717) is 0 Å².